The van der Waals surface area contributed by atoms with Crippen LogP contribution in [0.25, 0.3) is 0 Å². The second-order valence-electron chi connectivity index (χ2n) is 11.3. The minimum absolute atomic E-state index is 0.0439. The second-order valence-corrected chi connectivity index (χ2v) is 11.3. The van der Waals surface area contributed by atoms with Gasteiger partial charge in [0.2, 0.25) is 12.7 Å². The highest BCUT2D eigenvalue weighted by molar-refractivity contribution is 5.94. The number of fused-ring (bicyclic) bond motifs is 1. The van der Waals surface area contributed by atoms with E-state index in [1.807, 2.05) is 54.3 Å². The molecule has 5 rings (SSSR count). The number of benzene rings is 3. The number of nitrogens with zero attached hydrogens (tertiary/aromatic N) is 1. The number of aliphatic carboxylic acids is 1. The van der Waals surface area contributed by atoms with E-state index in [1.165, 1.54) is 0 Å². The van der Waals surface area contributed by atoms with Crippen molar-refractivity contribution in [3.8, 4) is 17.2 Å². The van der Waals surface area contributed by atoms with E-state index in [4.69, 9.17) is 18.9 Å². The first-order valence-electron chi connectivity index (χ1n) is 15.4. The maximum Gasteiger partial charge on any atom is 0.309 e. The zero-order chi connectivity index (χ0) is 31.2. The molecule has 0 spiro atoms. The highest BCUT2D eigenvalue weighted by atomic mass is 16.7. The van der Waals surface area contributed by atoms with Crippen molar-refractivity contribution in [2.45, 2.75) is 52.5 Å². The fraction of sp³-hybridized carbons (Fsp3) is 0.429. The topological polar surface area (TPSA) is 107 Å². The highest BCUT2D eigenvalue weighted by Gasteiger charge is 2.48. The largest absolute Gasteiger partial charge is 0.491 e. The summed E-state index contributed by atoms with van der Waals surface area (Å²) in [6, 6.07) is 16.8. The average Bonchev–Trinajstić information content (AvgIpc) is 3.64. The number of amides is 1. The van der Waals surface area contributed by atoms with Gasteiger partial charge >= 0.3 is 5.97 Å². The summed E-state index contributed by atoms with van der Waals surface area (Å²) in [5.74, 6) is -0.349. The molecule has 234 valence electrons. The van der Waals surface area contributed by atoms with Crippen LogP contribution in [0, 0.1) is 12.8 Å². The molecule has 0 radical (unpaired) electrons. The molecule has 0 unspecified atom stereocenters. The van der Waals surface area contributed by atoms with Crippen LogP contribution >= 0.6 is 0 Å². The quantitative estimate of drug-likeness (QED) is 0.239. The average molecular weight is 603 g/mol. The number of carboxylic acid groups (broad SMARTS) is 1. The smallest absolute Gasteiger partial charge is 0.309 e. The number of hydrogen-bond donors (Lipinski definition) is 2. The third kappa shape index (κ3) is 6.84. The van der Waals surface area contributed by atoms with Crippen LogP contribution in [0.5, 0.6) is 17.2 Å². The van der Waals surface area contributed by atoms with Gasteiger partial charge in [-0.3, -0.25) is 14.5 Å². The summed E-state index contributed by atoms with van der Waals surface area (Å²) in [6.45, 7) is 10.3. The number of carbonyl (C=O) groups is 2. The second kappa shape index (κ2) is 14.1. The first kappa shape index (κ1) is 31.3. The number of anilines is 1. The molecular weight excluding hydrogens is 560 g/mol. The molecule has 9 heteroatoms. The Hall–Kier alpha value is -4.08. The Balaban J connectivity index is 1.45. The van der Waals surface area contributed by atoms with Gasteiger partial charge in [-0.25, -0.2) is 0 Å². The van der Waals surface area contributed by atoms with Crippen LogP contribution in [-0.4, -0.2) is 61.6 Å². The number of carbonyl (C=O) groups excluding carboxylic acids is 1. The van der Waals surface area contributed by atoms with E-state index in [1.54, 1.807) is 0 Å². The van der Waals surface area contributed by atoms with Crippen LogP contribution in [0.4, 0.5) is 5.69 Å². The molecule has 1 amide bonds. The number of aryl methyl sites for hydroxylation is 3. The van der Waals surface area contributed by atoms with Gasteiger partial charge in [-0.15, -0.1) is 0 Å². The van der Waals surface area contributed by atoms with Crippen LogP contribution in [-0.2, 0) is 27.2 Å². The SMILES string of the molecule is CCOCCOc1ccc([C@H]2[C@H](C(=O)O)[C@@H](c3ccc4c(c3)OCO4)CN2CC(=O)Nc2c(CC)cc(C)cc2CC)cc1. The van der Waals surface area contributed by atoms with E-state index in [2.05, 4.69) is 38.2 Å². The molecule has 3 atom stereocenters. The summed E-state index contributed by atoms with van der Waals surface area (Å²) in [5, 5.41) is 13.8. The Labute approximate surface area is 259 Å². The summed E-state index contributed by atoms with van der Waals surface area (Å²) in [5.41, 5.74) is 5.86. The Morgan fingerprint density at radius 2 is 1.61 bits per heavy atom. The van der Waals surface area contributed by atoms with Crippen molar-refractivity contribution in [2.75, 3.05) is 45.0 Å². The molecule has 3 aromatic carbocycles. The molecule has 2 aliphatic heterocycles. The van der Waals surface area contributed by atoms with Gasteiger partial charge in [0, 0.05) is 30.8 Å². The van der Waals surface area contributed by atoms with Crippen molar-refractivity contribution in [3.05, 3.63) is 82.4 Å². The summed E-state index contributed by atoms with van der Waals surface area (Å²) in [7, 11) is 0. The van der Waals surface area contributed by atoms with Gasteiger partial charge in [0.25, 0.3) is 0 Å². The number of hydrogen-bond acceptors (Lipinski definition) is 7. The van der Waals surface area contributed by atoms with E-state index in [-0.39, 0.29) is 25.2 Å². The van der Waals surface area contributed by atoms with E-state index >= 15 is 0 Å². The van der Waals surface area contributed by atoms with E-state index in [0.717, 1.165) is 46.3 Å². The third-order valence-corrected chi connectivity index (χ3v) is 8.45. The van der Waals surface area contributed by atoms with Gasteiger partial charge < -0.3 is 29.4 Å². The molecule has 9 nitrogen and oxygen atoms in total. The van der Waals surface area contributed by atoms with Crippen LogP contribution < -0.4 is 19.5 Å². The Kier molecular flexibility index (Phi) is 10.1. The van der Waals surface area contributed by atoms with Crippen molar-refractivity contribution in [1.82, 2.24) is 4.90 Å². The number of ether oxygens (including phenoxy) is 4. The van der Waals surface area contributed by atoms with Crippen molar-refractivity contribution < 1.29 is 33.6 Å². The van der Waals surface area contributed by atoms with Gasteiger partial charge in [-0.05, 0) is 73.2 Å². The number of carboxylic acids is 1. The van der Waals surface area contributed by atoms with E-state index < -0.39 is 17.9 Å². The van der Waals surface area contributed by atoms with Crippen molar-refractivity contribution >= 4 is 17.6 Å². The lowest BCUT2D eigenvalue weighted by atomic mass is 9.82. The molecule has 0 bridgehead atoms. The first-order valence-corrected chi connectivity index (χ1v) is 15.4. The summed E-state index contributed by atoms with van der Waals surface area (Å²) in [6.07, 6.45) is 1.59. The normalized spacial score (nSPS) is 19.2. The lowest BCUT2D eigenvalue weighted by Gasteiger charge is -2.27. The Morgan fingerprint density at radius 3 is 2.27 bits per heavy atom. The minimum Gasteiger partial charge on any atom is -0.491 e. The fourth-order valence-corrected chi connectivity index (χ4v) is 6.42. The van der Waals surface area contributed by atoms with Gasteiger partial charge in [-0.2, -0.15) is 0 Å². The molecule has 1 fully saturated rings. The lowest BCUT2D eigenvalue weighted by molar-refractivity contribution is -0.143. The van der Waals surface area contributed by atoms with Gasteiger partial charge in [0.15, 0.2) is 11.5 Å². The molecule has 0 aromatic heterocycles. The number of rotatable bonds is 13. The van der Waals surface area contributed by atoms with Crippen LogP contribution in [0.15, 0.2) is 54.6 Å². The summed E-state index contributed by atoms with van der Waals surface area (Å²) in [4.78, 5) is 28.7. The molecule has 0 aliphatic carbocycles. The molecular formula is C35H42N2O7. The number of likely N-dealkylation sites (tertiary alicyclic amines) is 1. The first-order chi connectivity index (χ1) is 21.3. The molecule has 0 saturated carbocycles. The van der Waals surface area contributed by atoms with Gasteiger partial charge in [-0.1, -0.05) is 49.7 Å². The monoisotopic (exact) mass is 602 g/mol. The standard InChI is InChI=1S/C35H42N2O7/c1-5-23-16-22(4)17-24(6-2)33(23)36-31(38)20-37-19-28(26-10-13-29-30(18-26)44-21-43-29)32(35(39)40)34(37)25-8-11-27(12-9-25)42-15-14-41-7-3/h8-13,16-18,28,32,34H,5-7,14-15,19-21H2,1-4H3,(H,36,38)(H,39,40)/t28-,32-,34+/m1/s1. The zero-order valence-corrected chi connectivity index (χ0v) is 25.9. The Bertz CT molecular complexity index is 1450. The predicted molar refractivity (Wildman–Crippen MR) is 168 cm³/mol. The molecule has 2 N–H and O–H groups in total. The van der Waals surface area contributed by atoms with Gasteiger partial charge in [0.1, 0.15) is 12.4 Å². The predicted octanol–water partition coefficient (Wildman–Crippen LogP) is 5.74. The molecule has 44 heavy (non-hydrogen) atoms. The van der Waals surface area contributed by atoms with Crippen LogP contribution in [0.3, 0.4) is 0 Å². The fourth-order valence-electron chi connectivity index (χ4n) is 6.42. The lowest BCUT2D eigenvalue weighted by Crippen LogP contribution is -2.35. The van der Waals surface area contributed by atoms with E-state index in [9.17, 15) is 14.7 Å². The number of nitrogens with one attached hydrogen (secondary N) is 1. The van der Waals surface area contributed by atoms with Crippen LogP contribution in [0.1, 0.15) is 60.5 Å². The highest BCUT2D eigenvalue weighted by Crippen LogP contribution is 2.47. The maximum absolute atomic E-state index is 13.7. The van der Waals surface area contributed by atoms with Gasteiger partial charge in [0.05, 0.1) is 19.1 Å². The minimum atomic E-state index is -0.919. The zero-order valence-electron chi connectivity index (χ0n) is 25.9. The molecule has 3 aromatic rings. The van der Waals surface area contributed by atoms with E-state index in [0.29, 0.717) is 43.6 Å². The third-order valence-electron chi connectivity index (χ3n) is 8.45. The molecule has 2 heterocycles. The Morgan fingerprint density at radius 1 is 0.932 bits per heavy atom. The van der Waals surface area contributed by atoms with Crippen molar-refractivity contribution in [1.29, 1.82) is 0 Å². The molecule has 2 aliphatic rings. The molecule has 1 saturated heterocycles. The van der Waals surface area contributed by atoms with Crippen molar-refractivity contribution in [3.63, 3.8) is 0 Å². The summed E-state index contributed by atoms with van der Waals surface area (Å²) < 4.78 is 22.3. The van der Waals surface area contributed by atoms with Crippen molar-refractivity contribution in [2.24, 2.45) is 5.92 Å². The summed E-state index contributed by atoms with van der Waals surface area (Å²) >= 11 is 0. The maximum atomic E-state index is 13.7. The van der Waals surface area contributed by atoms with Crippen LogP contribution in [0.2, 0.25) is 0 Å².